The molecule has 1 aliphatic heterocycles. The maximum absolute atomic E-state index is 10.6. The summed E-state index contributed by atoms with van der Waals surface area (Å²) in [5.41, 5.74) is 2.42. The highest BCUT2D eigenvalue weighted by Gasteiger charge is 2.38. The van der Waals surface area contributed by atoms with Gasteiger partial charge in [0, 0.05) is 43.9 Å². The number of alkyl halides is 6. The Hall–Kier alpha value is -3.85. The van der Waals surface area contributed by atoms with Crippen LogP contribution in [0.25, 0.3) is 0 Å². The van der Waals surface area contributed by atoms with Crippen LogP contribution in [0.15, 0.2) is 59.4 Å². The van der Waals surface area contributed by atoms with Gasteiger partial charge in [-0.2, -0.15) is 26.3 Å². The quantitative estimate of drug-likeness (QED) is 0.430. The number of aliphatic carboxylic acids is 2. The third-order valence-corrected chi connectivity index (χ3v) is 5.04. The molecule has 0 aliphatic carbocycles. The minimum atomic E-state index is -5.08. The number of aryl methyl sites for hydroxylation is 1. The van der Waals surface area contributed by atoms with Crippen molar-refractivity contribution in [2.24, 2.45) is 0 Å². The van der Waals surface area contributed by atoms with Crippen LogP contribution >= 0.6 is 0 Å². The number of hydrogen-bond donors (Lipinski definition) is 2. The van der Waals surface area contributed by atoms with Crippen LogP contribution in [-0.2, 0) is 40.6 Å². The van der Waals surface area contributed by atoms with Gasteiger partial charge in [-0.3, -0.25) is 9.88 Å². The lowest BCUT2D eigenvalue weighted by molar-refractivity contribution is -0.193. The molecule has 4 rings (SSSR count). The minimum absolute atomic E-state index is 0.130. The van der Waals surface area contributed by atoms with E-state index in [1.54, 1.807) is 6.20 Å². The van der Waals surface area contributed by atoms with E-state index >= 15 is 0 Å². The minimum Gasteiger partial charge on any atom is -0.475 e. The first-order valence-corrected chi connectivity index (χ1v) is 11.2. The number of hydrogen-bond acceptors (Lipinski definition) is 6. The van der Waals surface area contributed by atoms with Gasteiger partial charge >= 0.3 is 24.3 Å². The van der Waals surface area contributed by atoms with Gasteiger partial charge < -0.3 is 23.9 Å². The van der Waals surface area contributed by atoms with E-state index in [-0.39, 0.29) is 6.10 Å². The smallest absolute Gasteiger partial charge is 0.475 e. The van der Waals surface area contributed by atoms with Gasteiger partial charge in [0.1, 0.15) is 11.5 Å². The van der Waals surface area contributed by atoms with E-state index in [4.69, 9.17) is 29.0 Å². The average Bonchev–Trinajstić information content (AvgIpc) is 3.41. The summed E-state index contributed by atoms with van der Waals surface area (Å²) < 4.78 is 77.7. The number of carboxylic acid groups (broad SMARTS) is 2. The summed E-state index contributed by atoms with van der Waals surface area (Å²) in [5.74, 6) is -3.55. The van der Waals surface area contributed by atoms with Crippen LogP contribution in [0.5, 0.6) is 0 Å². The highest BCUT2D eigenvalue weighted by molar-refractivity contribution is 5.73. The molecule has 1 unspecified atom stereocenters. The molecule has 214 valence electrons. The topological polar surface area (TPSA) is 118 Å². The predicted molar refractivity (Wildman–Crippen MR) is 122 cm³/mol. The second kappa shape index (κ2) is 13.8. The molecule has 3 aromatic heterocycles. The Morgan fingerprint density at radius 1 is 1.03 bits per heavy atom. The first-order chi connectivity index (χ1) is 18.1. The summed E-state index contributed by atoms with van der Waals surface area (Å²) in [6, 6.07) is 12.4. The molecule has 4 heterocycles. The Kier molecular flexibility index (Phi) is 11.1. The predicted octanol–water partition coefficient (Wildman–Crippen LogP) is 4.65. The van der Waals surface area contributed by atoms with Crippen molar-refractivity contribution in [3.63, 3.8) is 0 Å². The Morgan fingerprint density at radius 3 is 2.18 bits per heavy atom. The molecule has 0 fully saturated rings. The number of rotatable bonds is 5. The number of carbonyl (C=O) groups is 2. The Balaban J connectivity index is 0.000000317. The van der Waals surface area contributed by atoms with Crippen LogP contribution in [0, 0.1) is 6.92 Å². The van der Waals surface area contributed by atoms with Gasteiger partial charge in [0.05, 0.1) is 19.3 Å². The van der Waals surface area contributed by atoms with Gasteiger partial charge in [0.15, 0.2) is 0 Å². The molecule has 0 aromatic carbocycles. The third-order valence-electron chi connectivity index (χ3n) is 5.04. The van der Waals surface area contributed by atoms with E-state index < -0.39 is 24.3 Å². The van der Waals surface area contributed by atoms with E-state index in [0.717, 1.165) is 43.3 Å². The van der Waals surface area contributed by atoms with Gasteiger partial charge in [-0.25, -0.2) is 9.59 Å². The molecule has 2 N–H and O–H groups in total. The van der Waals surface area contributed by atoms with E-state index in [0.29, 0.717) is 6.61 Å². The van der Waals surface area contributed by atoms with Crippen molar-refractivity contribution in [3.8, 4) is 0 Å². The van der Waals surface area contributed by atoms with Gasteiger partial charge in [0.2, 0.25) is 0 Å². The molecule has 0 radical (unpaired) electrons. The van der Waals surface area contributed by atoms with Crippen molar-refractivity contribution in [1.82, 2.24) is 14.5 Å². The van der Waals surface area contributed by atoms with E-state index in [1.165, 1.54) is 5.69 Å². The number of ether oxygens (including phenoxy) is 1. The highest BCUT2D eigenvalue weighted by atomic mass is 19.4. The van der Waals surface area contributed by atoms with Crippen molar-refractivity contribution < 1.29 is 55.3 Å². The number of fused-ring (bicyclic) bond motifs is 1. The molecule has 0 bridgehead atoms. The summed E-state index contributed by atoms with van der Waals surface area (Å²) in [5, 5.41) is 14.2. The largest absolute Gasteiger partial charge is 0.490 e. The fourth-order valence-electron chi connectivity index (χ4n) is 3.34. The number of pyridine rings is 1. The van der Waals surface area contributed by atoms with Crippen LogP contribution in [0.1, 0.15) is 22.8 Å². The standard InChI is InChI=1S/C20H23N3O2.2C2HF3O2/c1-16-6-7-19(25-16)12-22-11-18-5-3-9-23(18)14-20(13-22)24-15-17-4-2-8-21-10-17;2*3-2(4,5)1(6)7/h2-10,20H,11-15H2,1H3;2*(H,6,7). The van der Waals surface area contributed by atoms with Crippen molar-refractivity contribution in [3.05, 3.63) is 77.8 Å². The number of aromatic nitrogens is 2. The molecule has 3 aromatic rings. The summed E-state index contributed by atoms with van der Waals surface area (Å²) in [6.45, 7) is 6.02. The fourth-order valence-corrected chi connectivity index (χ4v) is 3.34. The molecular weight excluding hydrogens is 540 g/mol. The van der Waals surface area contributed by atoms with Crippen LogP contribution < -0.4 is 0 Å². The molecule has 15 heteroatoms. The first-order valence-electron chi connectivity index (χ1n) is 11.2. The first kappa shape index (κ1) is 31.4. The van der Waals surface area contributed by atoms with Crippen LogP contribution in [0.3, 0.4) is 0 Å². The lowest BCUT2D eigenvalue weighted by Gasteiger charge is -2.23. The lowest BCUT2D eigenvalue weighted by atomic mass is 10.2. The molecule has 1 aliphatic rings. The highest BCUT2D eigenvalue weighted by Crippen LogP contribution is 2.19. The van der Waals surface area contributed by atoms with Crippen molar-refractivity contribution >= 4 is 11.9 Å². The van der Waals surface area contributed by atoms with Crippen LogP contribution in [-0.4, -0.2) is 61.6 Å². The molecule has 0 saturated heterocycles. The van der Waals surface area contributed by atoms with E-state index in [2.05, 4.69) is 38.8 Å². The van der Waals surface area contributed by atoms with Crippen molar-refractivity contribution in [2.75, 3.05) is 6.54 Å². The summed E-state index contributed by atoms with van der Waals surface area (Å²) in [6.07, 6.45) is -4.25. The van der Waals surface area contributed by atoms with Crippen LogP contribution in [0.2, 0.25) is 0 Å². The van der Waals surface area contributed by atoms with Gasteiger partial charge in [-0.15, -0.1) is 0 Å². The number of nitrogens with zero attached hydrogens (tertiary/aromatic N) is 3. The lowest BCUT2D eigenvalue weighted by Crippen LogP contribution is -2.32. The normalized spacial score (nSPS) is 15.6. The summed E-state index contributed by atoms with van der Waals surface area (Å²) in [7, 11) is 0. The molecule has 9 nitrogen and oxygen atoms in total. The van der Waals surface area contributed by atoms with Crippen molar-refractivity contribution in [2.45, 2.75) is 51.6 Å². The second-order valence-electron chi connectivity index (χ2n) is 8.23. The Labute approximate surface area is 218 Å². The SMILES string of the molecule is Cc1ccc(CN2Cc3cccn3CC(OCc3cccnc3)C2)o1.O=C(O)C(F)(F)F.O=C(O)C(F)(F)F. The third kappa shape index (κ3) is 11.2. The Bertz CT molecular complexity index is 1170. The molecule has 1 atom stereocenters. The number of furan rings is 1. The maximum atomic E-state index is 10.6. The molecule has 0 spiro atoms. The molecular formula is C24H25F6N3O6. The van der Waals surface area contributed by atoms with E-state index in [1.807, 2.05) is 31.3 Å². The zero-order valence-electron chi connectivity index (χ0n) is 20.4. The van der Waals surface area contributed by atoms with Gasteiger partial charge in [0.25, 0.3) is 0 Å². The molecule has 0 amide bonds. The second-order valence-corrected chi connectivity index (χ2v) is 8.23. The average molecular weight is 565 g/mol. The summed E-state index contributed by atoms with van der Waals surface area (Å²) in [4.78, 5) is 24.3. The number of carboxylic acids is 2. The van der Waals surface area contributed by atoms with E-state index in [9.17, 15) is 26.3 Å². The Morgan fingerprint density at radius 2 is 1.67 bits per heavy atom. The fraction of sp³-hybridized carbons (Fsp3) is 0.375. The molecule has 0 saturated carbocycles. The zero-order valence-corrected chi connectivity index (χ0v) is 20.4. The molecule has 39 heavy (non-hydrogen) atoms. The van der Waals surface area contributed by atoms with Gasteiger partial charge in [-0.1, -0.05) is 6.07 Å². The zero-order chi connectivity index (χ0) is 29.2. The van der Waals surface area contributed by atoms with Gasteiger partial charge in [-0.05, 0) is 42.8 Å². The summed E-state index contributed by atoms with van der Waals surface area (Å²) >= 11 is 0. The van der Waals surface area contributed by atoms with Crippen LogP contribution in [0.4, 0.5) is 26.3 Å². The maximum Gasteiger partial charge on any atom is 0.490 e. The number of halogens is 6. The van der Waals surface area contributed by atoms with Crippen molar-refractivity contribution in [1.29, 1.82) is 0 Å². The monoisotopic (exact) mass is 565 g/mol.